The summed E-state index contributed by atoms with van der Waals surface area (Å²) < 4.78 is 31.3. The van der Waals surface area contributed by atoms with Gasteiger partial charge in [0.2, 0.25) is 0 Å². The zero-order chi connectivity index (χ0) is 12.8. The Hall–Kier alpha value is -0.710. The average molecular weight is 292 g/mol. The summed E-state index contributed by atoms with van der Waals surface area (Å²) >= 11 is 0. The second-order valence-corrected chi connectivity index (χ2v) is 4.83. The minimum Gasteiger partial charge on any atom is -0.377 e. The van der Waals surface area contributed by atoms with E-state index in [1.807, 2.05) is 0 Å². The zero-order valence-corrected chi connectivity index (χ0v) is 11.6. The minimum absolute atomic E-state index is 0. The van der Waals surface area contributed by atoms with Crippen LogP contribution in [-0.4, -0.2) is 19.7 Å². The van der Waals surface area contributed by atoms with Crippen LogP contribution in [0.2, 0.25) is 0 Å². The molecule has 0 aromatic heterocycles. The van der Waals surface area contributed by atoms with E-state index in [4.69, 9.17) is 4.74 Å². The van der Waals surface area contributed by atoms with E-state index in [-0.39, 0.29) is 19.0 Å². The van der Waals surface area contributed by atoms with Gasteiger partial charge in [0.25, 0.3) is 0 Å². The lowest BCUT2D eigenvalue weighted by Crippen LogP contribution is -2.30. The predicted octanol–water partition coefficient (Wildman–Crippen LogP) is 3.29. The monoisotopic (exact) mass is 291 g/mol. The van der Waals surface area contributed by atoms with Gasteiger partial charge < -0.3 is 10.1 Å². The molecular weight excluding hydrogens is 272 g/mol. The van der Waals surface area contributed by atoms with Crippen molar-refractivity contribution in [1.82, 2.24) is 5.32 Å². The van der Waals surface area contributed by atoms with Gasteiger partial charge in [-0.3, -0.25) is 0 Å². The van der Waals surface area contributed by atoms with Gasteiger partial charge in [-0.1, -0.05) is 0 Å². The highest BCUT2D eigenvalue weighted by Gasteiger charge is 2.12. The van der Waals surface area contributed by atoms with Gasteiger partial charge in [-0.15, -0.1) is 12.4 Å². The molecule has 19 heavy (non-hydrogen) atoms. The maximum absolute atomic E-state index is 12.9. The van der Waals surface area contributed by atoms with Gasteiger partial charge in [0, 0.05) is 12.7 Å². The third-order valence-corrected chi connectivity index (χ3v) is 3.26. The summed E-state index contributed by atoms with van der Waals surface area (Å²) in [6.45, 7) is 3.08. The predicted molar refractivity (Wildman–Crippen MR) is 73.5 cm³/mol. The van der Waals surface area contributed by atoms with Crippen LogP contribution in [0.4, 0.5) is 8.78 Å². The molecule has 1 saturated heterocycles. The van der Waals surface area contributed by atoms with Gasteiger partial charge in [0.05, 0.1) is 6.61 Å². The van der Waals surface area contributed by atoms with Crippen LogP contribution in [0.3, 0.4) is 0 Å². The van der Waals surface area contributed by atoms with Crippen molar-refractivity contribution >= 4 is 12.4 Å². The molecule has 2 rings (SSSR count). The highest BCUT2D eigenvalue weighted by molar-refractivity contribution is 5.85. The lowest BCUT2D eigenvalue weighted by molar-refractivity contribution is 0.103. The van der Waals surface area contributed by atoms with Gasteiger partial charge in [-0.2, -0.15) is 0 Å². The normalized spacial score (nSPS) is 18.9. The van der Waals surface area contributed by atoms with Crippen molar-refractivity contribution in [2.45, 2.75) is 25.9 Å². The highest BCUT2D eigenvalue weighted by atomic mass is 35.5. The van der Waals surface area contributed by atoms with Gasteiger partial charge in [-0.25, -0.2) is 8.78 Å². The van der Waals surface area contributed by atoms with E-state index in [2.05, 4.69) is 5.32 Å². The third kappa shape index (κ3) is 5.85. The maximum atomic E-state index is 12.9. The van der Waals surface area contributed by atoms with Crippen LogP contribution >= 0.6 is 12.4 Å². The molecule has 1 aromatic carbocycles. The third-order valence-electron chi connectivity index (χ3n) is 3.26. The number of hydrogen-bond acceptors (Lipinski definition) is 2. The second-order valence-electron chi connectivity index (χ2n) is 4.83. The Morgan fingerprint density at radius 3 is 2.58 bits per heavy atom. The summed E-state index contributed by atoms with van der Waals surface area (Å²) in [5.74, 6) is -0.432. The lowest BCUT2D eigenvalue weighted by Gasteiger charge is -2.22. The molecule has 1 fully saturated rings. The van der Waals surface area contributed by atoms with Crippen molar-refractivity contribution in [1.29, 1.82) is 0 Å². The minimum atomic E-state index is -0.551. The molecule has 108 valence electrons. The van der Waals surface area contributed by atoms with Gasteiger partial charge in [0.15, 0.2) is 0 Å². The smallest absolute Gasteiger partial charge is 0.126 e. The number of piperidine rings is 1. The molecule has 1 unspecified atom stereocenters. The van der Waals surface area contributed by atoms with E-state index >= 15 is 0 Å². The molecule has 1 heterocycles. The van der Waals surface area contributed by atoms with Crippen LogP contribution in [0.25, 0.3) is 0 Å². The lowest BCUT2D eigenvalue weighted by atomic mass is 9.97. The first-order valence-electron chi connectivity index (χ1n) is 6.47. The largest absolute Gasteiger partial charge is 0.377 e. The number of hydrogen-bond donors (Lipinski definition) is 1. The van der Waals surface area contributed by atoms with Crippen LogP contribution in [0.15, 0.2) is 18.2 Å². The molecule has 0 saturated carbocycles. The van der Waals surface area contributed by atoms with E-state index < -0.39 is 11.6 Å². The standard InChI is InChI=1S/C14H19F2NO.ClH/c15-13-6-12(7-14(16)8-13)10-18-5-3-11-2-1-4-17-9-11;/h6-8,11,17H,1-5,9-10H2;1H. The summed E-state index contributed by atoms with van der Waals surface area (Å²) in [6, 6.07) is 3.49. The number of ether oxygens (including phenoxy) is 1. The van der Waals surface area contributed by atoms with Crippen LogP contribution in [0.1, 0.15) is 24.8 Å². The SMILES string of the molecule is Cl.Fc1cc(F)cc(COCCC2CCCNC2)c1. The zero-order valence-electron chi connectivity index (χ0n) is 10.8. The first-order valence-corrected chi connectivity index (χ1v) is 6.47. The second kappa shape index (κ2) is 8.46. The summed E-state index contributed by atoms with van der Waals surface area (Å²) in [5.41, 5.74) is 0.550. The first-order chi connectivity index (χ1) is 8.74. The summed E-state index contributed by atoms with van der Waals surface area (Å²) in [4.78, 5) is 0. The molecule has 0 radical (unpaired) electrons. The fourth-order valence-electron chi connectivity index (χ4n) is 2.30. The van der Waals surface area contributed by atoms with E-state index in [1.54, 1.807) is 0 Å². The van der Waals surface area contributed by atoms with Crippen molar-refractivity contribution in [3.05, 3.63) is 35.4 Å². The Balaban J connectivity index is 0.00000180. The fraction of sp³-hybridized carbons (Fsp3) is 0.571. The van der Waals surface area contributed by atoms with Crippen LogP contribution < -0.4 is 5.32 Å². The van der Waals surface area contributed by atoms with Crippen molar-refractivity contribution in [2.24, 2.45) is 5.92 Å². The highest BCUT2D eigenvalue weighted by Crippen LogP contribution is 2.14. The molecule has 1 aliphatic rings. The van der Waals surface area contributed by atoms with E-state index in [0.717, 1.165) is 25.6 Å². The molecular formula is C14H20ClF2NO. The molecule has 2 nitrogen and oxygen atoms in total. The van der Waals surface area contributed by atoms with E-state index in [1.165, 1.54) is 25.0 Å². The Bertz CT molecular complexity index is 363. The molecule has 1 atom stereocenters. The molecule has 1 aromatic rings. The molecule has 0 aliphatic carbocycles. The molecule has 0 amide bonds. The van der Waals surface area contributed by atoms with E-state index in [0.29, 0.717) is 18.1 Å². The topological polar surface area (TPSA) is 21.3 Å². The molecule has 0 spiro atoms. The van der Waals surface area contributed by atoms with Crippen LogP contribution in [-0.2, 0) is 11.3 Å². The Kier molecular flexibility index (Phi) is 7.28. The van der Waals surface area contributed by atoms with Crippen molar-refractivity contribution in [2.75, 3.05) is 19.7 Å². The van der Waals surface area contributed by atoms with Gasteiger partial charge in [0.1, 0.15) is 11.6 Å². The van der Waals surface area contributed by atoms with Gasteiger partial charge >= 0.3 is 0 Å². The number of rotatable bonds is 5. The molecule has 1 aliphatic heterocycles. The number of benzene rings is 1. The van der Waals surface area contributed by atoms with E-state index in [9.17, 15) is 8.78 Å². The Morgan fingerprint density at radius 2 is 1.95 bits per heavy atom. The fourth-order valence-corrected chi connectivity index (χ4v) is 2.30. The molecule has 0 bridgehead atoms. The van der Waals surface area contributed by atoms with Gasteiger partial charge in [-0.05, 0) is 56.0 Å². The quantitative estimate of drug-likeness (QED) is 0.841. The molecule has 1 N–H and O–H groups in total. The first kappa shape index (κ1) is 16.3. The van der Waals surface area contributed by atoms with Crippen LogP contribution in [0.5, 0.6) is 0 Å². The van der Waals surface area contributed by atoms with Crippen molar-refractivity contribution in [3.8, 4) is 0 Å². The maximum Gasteiger partial charge on any atom is 0.126 e. The van der Waals surface area contributed by atoms with Crippen molar-refractivity contribution in [3.63, 3.8) is 0 Å². The van der Waals surface area contributed by atoms with Crippen LogP contribution in [0, 0.1) is 17.6 Å². The Labute approximate surface area is 118 Å². The summed E-state index contributed by atoms with van der Waals surface area (Å²) in [7, 11) is 0. The Morgan fingerprint density at radius 1 is 1.21 bits per heavy atom. The average Bonchev–Trinajstić information content (AvgIpc) is 2.35. The van der Waals surface area contributed by atoms with Crippen molar-refractivity contribution < 1.29 is 13.5 Å². The summed E-state index contributed by atoms with van der Waals surface area (Å²) in [6.07, 6.45) is 3.47. The molecule has 5 heteroatoms. The number of nitrogens with one attached hydrogen (secondary N) is 1. The summed E-state index contributed by atoms with van der Waals surface area (Å²) in [5, 5.41) is 3.35. The number of halogens is 3.